The van der Waals surface area contributed by atoms with Crippen LogP contribution in [0.2, 0.25) is 0 Å². The lowest BCUT2D eigenvalue weighted by molar-refractivity contribution is 0.668. The van der Waals surface area contributed by atoms with Crippen LogP contribution in [0, 0.1) is 0 Å². The number of allylic oxidation sites excluding steroid dienone is 4. The standard InChI is InChI=1S/C63H44N2O/c1-3-4-19-41(2)63(45-24-6-5-7-25-45)53-30-15-12-28-50(53)60-54(63)40-58(61-51-29-14-17-33-59(51)66-62(60)61)64(46-35-34-42-20-8-9-22-44(42)38-46)47-36-37-57-52(39-47)49-27-13-16-31-56(49)65(57)55-32-18-23-43-21-10-11-26-48(43)55/h3-40H,1-2H3/b4-3-,41-19+. The highest BCUT2D eigenvalue weighted by atomic mass is 16.3. The van der Waals surface area contributed by atoms with Crippen LogP contribution in [0.15, 0.2) is 241 Å². The molecule has 1 atom stereocenters. The molecule has 0 saturated carbocycles. The van der Waals surface area contributed by atoms with Gasteiger partial charge >= 0.3 is 0 Å². The summed E-state index contributed by atoms with van der Waals surface area (Å²) in [5.74, 6) is 0. The number of rotatable bonds is 7. The Bertz CT molecular complexity index is 3970. The molecule has 0 amide bonds. The highest BCUT2D eigenvalue weighted by molar-refractivity contribution is 6.20. The molecule has 0 spiro atoms. The molecule has 0 N–H and O–H groups in total. The smallest absolute Gasteiger partial charge is 0.145 e. The van der Waals surface area contributed by atoms with E-state index in [-0.39, 0.29) is 0 Å². The molecule has 0 saturated heterocycles. The first kappa shape index (κ1) is 38.1. The molecule has 2 aromatic heterocycles. The Labute approximate surface area is 383 Å². The number of hydrogen-bond acceptors (Lipinski definition) is 2. The lowest BCUT2D eigenvalue weighted by Gasteiger charge is -2.35. The molecule has 2 heterocycles. The van der Waals surface area contributed by atoms with Crippen molar-refractivity contribution in [3.63, 3.8) is 0 Å². The monoisotopic (exact) mass is 844 g/mol. The van der Waals surface area contributed by atoms with Gasteiger partial charge in [0.15, 0.2) is 0 Å². The van der Waals surface area contributed by atoms with E-state index in [4.69, 9.17) is 4.42 Å². The van der Waals surface area contributed by atoms with Crippen LogP contribution in [-0.2, 0) is 5.41 Å². The van der Waals surface area contributed by atoms with Gasteiger partial charge in [0.2, 0.25) is 0 Å². The van der Waals surface area contributed by atoms with E-state index in [2.05, 4.69) is 254 Å². The van der Waals surface area contributed by atoms with Crippen LogP contribution in [-0.4, -0.2) is 4.57 Å². The quantitative estimate of drug-likeness (QED) is 0.149. The van der Waals surface area contributed by atoms with Crippen molar-refractivity contribution in [2.75, 3.05) is 4.90 Å². The zero-order valence-electron chi connectivity index (χ0n) is 36.7. The molecule has 3 nitrogen and oxygen atoms in total. The van der Waals surface area contributed by atoms with Gasteiger partial charge in [-0.2, -0.15) is 0 Å². The molecule has 13 rings (SSSR count). The molecule has 10 aromatic carbocycles. The summed E-state index contributed by atoms with van der Waals surface area (Å²) < 4.78 is 9.67. The molecule has 312 valence electrons. The third-order valence-corrected chi connectivity index (χ3v) is 14.1. The minimum absolute atomic E-state index is 0.612. The number of benzene rings is 10. The summed E-state index contributed by atoms with van der Waals surface area (Å²) in [7, 11) is 0. The van der Waals surface area contributed by atoms with Crippen LogP contribution < -0.4 is 4.90 Å². The lowest BCUT2D eigenvalue weighted by atomic mass is 9.67. The van der Waals surface area contributed by atoms with Crippen molar-refractivity contribution in [3.8, 4) is 16.8 Å². The predicted octanol–water partition coefficient (Wildman–Crippen LogP) is 17.3. The minimum Gasteiger partial charge on any atom is -0.455 e. The van der Waals surface area contributed by atoms with Gasteiger partial charge in [0, 0.05) is 38.5 Å². The molecule has 1 aliphatic carbocycles. The molecule has 1 aliphatic rings. The number of nitrogens with zero attached hydrogens (tertiary/aromatic N) is 2. The van der Waals surface area contributed by atoms with Crippen molar-refractivity contribution in [1.29, 1.82) is 0 Å². The third-order valence-electron chi connectivity index (χ3n) is 14.1. The van der Waals surface area contributed by atoms with Gasteiger partial charge in [-0.1, -0.05) is 182 Å². The fourth-order valence-electron chi connectivity index (χ4n) is 11.3. The molecule has 0 bridgehead atoms. The van der Waals surface area contributed by atoms with Crippen molar-refractivity contribution in [2.45, 2.75) is 19.3 Å². The van der Waals surface area contributed by atoms with E-state index in [1.54, 1.807) is 0 Å². The Kier molecular flexibility index (Phi) is 8.56. The van der Waals surface area contributed by atoms with E-state index in [0.717, 1.165) is 50.1 Å². The summed E-state index contributed by atoms with van der Waals surface area (Å²) in [6.45, 7) is 4.38. The molecule has 1 unspecified atom stereocenters. The maximum Gasteiger partial charge on any atom is 0.145 e. The molecule has 0 fully saturated rings. The topological polar surface area (TPSA) is 21.3 Å². The normalized spacial score (nSPS) is 14.9. The first-order valence-electron chi connectivity index (χ1n) is 22.9. The Balaban J connectivity index is 1.17. The zero-order chi connectivity index (χ0) is 43.9. The summed E-state index contributed by atoms with van der Waals surface area (Å²) in [6.07, 6.45) is 6.58. The second-order valence-electron chi connectivity index (χ2n) is 17.6. The predicted molar refractivity (Wildman–Crippen MR) is 278 cm³/mol. The SMILES string of the molecule is C/C=C\C=C(/C)C1(c2ccccc2)c2ccccc2-c2c1cc(N(c1ccc3ccccc3c1)c1ccc3c(c1)c1ccccc1n3-c1cccc3ccccc13)c1c2oc2ccccc21. The fraction of sp³-hybridized carbons (Fsp3) is 0.0476. The highest BCUT2D eigenvalue weighted by Gasteiger charge is 2.48. The molecule has 3 heteroatoms. The largest absolute Gasteiger partial charge is 0.455 e. The van der Waals surface area contributed by atoms with Gasteiger partial charge in [0.25, 0.3) is 0 Å². The Morgan fingerprint density at radius 1 is 0.530 bits per heavy atom. The van der Waals surface area contributed by atoms with Crippen molar-refractivity contribution >= 4 is 82.4 Å². The van der Waals surface area contributed by atoms with Gasteiger partial charge in [-0.15, -0.1) is 0 Å². The van der Waals surface area contributed by atoms with Crippen LogP contribution in [0.3, 0.4) is 0 Å². The van der Waals surface area contributed by atoms with Crippen LogP contribution in [0.25, 0.3) is 82.1 Å². The van der Waals surface area contributed by atoms with E-state index >= 15 is 0 Å². The molecule has 66 heavy (non-hydrogen) atoms. The van der Waals surface area contributed by atoms with E-state index in [1.165, 1.54) is 71.3 Å². The van der Waals surface area contributed by atoms with Gasteiger partial charge < -0.3 is 13.9 Å². The second kappa shape index (κ2) is 14.8. The first-order valence-corrected chi connectivity index (χ1v) is 22.9. The van der Waals surface area contributed by atoms with Crippen LogP contribution >= 0.6 is 0 Å². The minimum atomic E-state index is -0.612. The van der Waals surface area contributed by atoms with E-state index in [9.17, 15) is 0 Å². The van der Waals surface area contributed by atoms with Crippen molar-refractivity contribution < 1.29 is 4.42 Å². The molecule has 0 aliphatic heterocycles. The molecular weight excluding hydrogens is 801 g/mol. The van der Waals surface area contributed by atoms with E-state index < -0.39 is 5.41 Å². The third kappa shape index (κ3) is 5.44. The van der Waals surface area contributed by atoms with Gasteiger partial charge in [-0.3, -0.25) is 0 Å². The van der Waals surface area contributed by atoms with Crippen LogP contribution in [0.5, 0.6) is 0 Å². The Hall–Kier alpha value is -8.40. The summed E-state index contributed by atoms with van der Waals surface area (Å²) in [6, 6.07) is 77.8. The van der Waals surface area contributed by atoms with Crippen molar-refractivity contribution in [2.24, 2.45) is 0 Å². The number of anilines is 3. The number of hydrogen-bond donors (Lipinski definition) is 0. The lowest BCUT2D eigenvalue weighted by Crippen LogP contribution is -2.28. The second-order valence-corrected chi connectivity index (χ2v) is 17.6. The van der Waals surface area contributed by atoms with Crippen molar-refractivity contribution in [3.05, 3.63) is 253 Å². The first-order chi connectivity index (χ1) is 32.6. The summed E-state index contributed by atoms with van der Waals surface area (Å²) in [5.41, 5.74) is 15.1. The Morgan fingerprint density at radius 3 is 2.06 bits per heavy atom. The van der Waals surface area contributed by atoms with Gasteiger partial charge in [-0.05, 0) is 107 Å². The summed E-state index contributed by atoms with van der Waals surface area (Å²) in [4.78, 5) is 2.49. The van der Waals surface area contributed by atoms with E-state index in [0.29, 0.717) is 0 Å². The summed E-state index contributed by atoms with van der Waals surface area (Å²) in [5, 5.41) is 9.38. The number of furan rings is 1. The van der Waals surface area contributed by atoms with Crippen molar-refractivity contribution in [1.82, 2.24) is 4.57 Å². The van der Waals surface area contributed by atoms with Gasteiger partial charge in [0.1, 0.15) is 11.2 Å². The van der Waals surface area contributed by atoms with Crippen LogP contribution in [0.4, 0.5) is 17.1 Å². The maximum atomic E-state index is 7.23. The Morgan fingerprint density at radius 2 is 1.20 bits per heavy atom. The highest BCUT2D eigenvalue weighted by Crippen LogP contribution is 2.61. The summed E-state index contributed by atoms with van der Waals surface area (Å²) >= 11 is 0. The maximum absolute atomic E-state index is 7.23. The van der Waals surface area contributed by atoms with Gasteiger partial charge in [-0.25, -0.2) is 0 Å². The fourth-order valence-corrected chi connectivity index (χ4v) is 11.3. The average molecular weight is 845 g/mol. The van der Waals surface area contributed by atoms with Crippen LogP contribution in [0.1, 0.15) is 30.5 Å². The molecular formula is C63H44N2O. The zero-order valence-corrected chi connectivity index (χ0v) is 36.7. The molecule has 0 radical (unpaired) electrons. The number of para-hydroxylation sites is 2. The van der Waals surface area contributed by atoms with E-state index in [1.807, 2.05) is 0 Å². The number of aromatic nitrogens is 1. The molecule has 12 aromatic rings. The number of fused-ring (bicyclic) bond motifs is 12. The average Bonchev–Trinajstić information content (AvgIpc) is 4.02. The van der Waals surface area contributed by atoms with Gasteiger partial charge in [0.05, 0.1) is 33.2 Å².